The molecule has 0 N–H and O–H groups in total. The Bertz CT molecular complexity index is 2310. The molecule has 0 fully saturated rings. The van der Waals surface area contributed by atoms with Crippen LogP contribution >= 0.6 is 11.3 Å². The summed E-state index contributed by atoms with van der Waals surface area (Å²) in [6.45, 7) is 7.19. The van der Waals surface area contributed by atoms with Crippen LogP contribution in [-0.2, 0) is 0 Å². The zero-order valence-electron chi connectivity index (χ0n) is 26.7. The average molecular weight is 639 g/mol. The predicted octanol–water partition coefficient (Wildman–Crippen LogP) is 11.7. The Morgan fingerprint density at radius 2 is 0.957 bits per heavy atom. The number of thiophene rings is 1. The lowest BCUT2D eigenvalue weighted by Crippen LogP contribution is -2.37. The van der Waals surface area contributed by atoms with E-state index in [2.05, 4.69) is 147 Å². The molecule has 226 valence electrons. The molecule has 0 radical (unpaired) electrons. The predicted molar refractivity (Wildman–Crippen MR) is 205 cm³/mol. The number of rotatable bonds is 6. The van der Waals surface area contributed by atoms with Gasteiger partial charge >= 0.3 is 0 Å². The first kappa shape index (κ1) is 29.3. The molecule has 0 saturated heterocycles. The van der Waals surface area contributed by atoms with Crippen molar-refractivity contribution in [3.8, 4) is 56.2 Å². The Labute approximate surface area is 281 Å². The topological polar surface area (TPSA) is 25.8 Å². The molecule has 8 aromatic rings. The Morgan fingerprint density at radius 1 is 0.404 bits per heavy atom. The molecule has 2 heterocycles. The second-order valence-electron chi connectivity index (χ2n) is 13.1. The molecule has 0 bridgehead atoms. The number of nitrogens with zero attached hydrogens (tertiary/aromatic N) is 2. The summed E-state index contributed by atoms with van der Waals surface area (Å²) in [6, 6.07) is 54.5. The van der Waals surface area contributed by atoms with Gasteiger partial charge in [0.1, 0.15) is 0 Å². The van der Waals surface area contributed by atoms with E-state index in [4.69, 9.17) is 9.97 Å². The maximum Gasteiger partial charge on any atom is 0.160 e. The normalized spacial score (nSPS) is 11.7. The Balaban J connectivity index is 1.34. The van der Waals surface area contributed by atoms with Crippen molar-refractivity contribution in [3.63, 3.8) is 0 Å². The monoisotopic (exact) mass is 638 g/mol. The van der Waals surface area contributed by atoms with Crippen LogP contribution in [0, 0.1) is 0 Å². The molecule has 0 saturated carbocycles. The minimum Gasteiger partial charge on any atom is -0.228 e. The van der Waals surface area contributed by atoms with Gasteiger partial charge in [0.2, 0.25) is 0 Å². The number of hydrogen-bond acceptors (Lipinski definition) is 3. The first-order valence-electron chi connectivity index (χ1n) is 16.1. The van der Waals surface area contributed by atoms with Crippen molar-refractivity contribution in [2.24, 2.45) is 0 Å². The fraction of sp³-hybridized carbons (Fsp3) is 0.0698. The third-order valence-corrected chi connectivity index (χ3v) is 12.1. The highest BCUT2D eigenvalue weighted by Crippen LogP contribution is 2.39. The summed E-state index contributed by atoms with van der Waals surface area (Å²) in [5.74, 6) is 0.722. The van der Waals surface area contributed by atoms with Crippen LogP contribution in [0.2, 0.25) is 19.6 Å². The lowest BCUT2D eigenvalue weighted by molar-refractivity contribution is 1.18. The number of benzene rings is 6. The maximum absolute atomic E-state index is 5.19. The molecule has 0 aliphatic carbocycles. The fourth-order valence-electron chi connectivity index (χ4n) is 6.25. The van der Waals surface area contributed by atoms with Gasteiger partial charge in [0.25, 0.3) is 0 Å². The highest BCUT2D eigenvalue weighted by atomic mass is 32.1. The van der Waals surface area contributed by atoms with Crippen LogP contribution in [-0.4, -0.2) is 18.0 Å². The number of hydrogen-bond donors (Lipinski definition) is 0. The van der Waals surface area contributed by atoms with Crippen molar-refractivity contribution >= 4 is 44.8 Å². The minimum absolute atomic E-state index is 0.722. The van der Waals surface area contributed by atoms with Gasteiger partial charge in [-0.05, 0) is 64.7 Å². The van der Waals surface area contributed by atoms with Crippen molar-refractivity contribution in [2.75, 3.05) is 0 Å². The third-order valence-electron chi connectivity index (χ3n) is 8.85. The van der Waals surface area contributed by atoms with Crippen molar-refractivity contribution in [2.45, 2.75) is 19.6 Å². The first-order chi connectivity index (χ1) is 22.9. The van der Waals surface area contributed by atoms with Crippen LogP contribution in [0.5, 0.6) is 0 Å². The summed E-state index contributed by atoms with van der Waals surface area (Å²) in [5.41, 5.74) is 9.70. The SMILES string of the molecule is C[Si](C)(C)c1ccc(-c2cc(-c3ccc4sc5ccccc5c4c3)cc(-c3cc(-c4ccccc4)nc(-c4ccccc4)n3)c2)cc1. The van der Waals surface area contributed by atoms with E-state index >= 15 is 0 Å². The molecule has 0 aliphatic heterocycles. The summed E-state index contributed by atoms with van der Waals surface area (Å²) < 4.78 is 2.63. The molecule has 0 atom stereocenters. The van der Waals surface area contributed by atoms with E-state index in [1.165, 1.54) is 47.6 Å². The van der Waals surface area contributed by atoms with Gasteiger partial charge in [-0.25, -0.2) is 9.97 Å². The van der Waals surface area contributed by atoms with E-state index in [1.54, 1.807) is 0 Å². The third kappa shape index (κ3) is 5.82. The smallest absolute Gasteiger partial charge is 0.160 e. The van der Waals surface area contributed by atoms with Gasteiger partial charge in [-0.15, -0.1) is 11.3 Å². The van der Waals surface area contributed by atoms with Crippen molar-refractivity contribution in [1.29, 1.82) is 0 Å². The van der Waals surface area contributed by atoms with E-state index in [9.17, 15) is 0 Å². The maximum atomic E-state index is 5.19. The van der Waals surface area contributed by atoms with E-state index in [1.807, 2.05) is 35.6 Å². The first-order valence-corrected chi connectivity index (χ1v) is 20.4. The molecule has 6 aromatic carbocycles. The van der Waals surface area contributed by atoms with Crippen molar-refractivity contribution < 1.29 is 0 Å². The zero-order valence-corrected chi connectivity index (χ0v) is 28.6. The highest BCUT2D eigenvalue weighted by molar-refractivity contribution is 7.25. The van der Waals surface area contributed by atoms with Gasteiger partial charge < -0.3 is 0 Å². The standard InChI is InChI=1S/C43H34N2SSi/c1-47(2,3)36-21-18-29(19-22-36)33-24-34(32-20-23-42-38(27-32)37-16-10-11-17-41(37)46-42)26-35(25-33)40-28-39(30-12-6-4-7-13-30)44-43(45-40)31-14-8-5-9-15-31/h4-28H,1-3H3. The minimum atomic E-state index is -1.42. The van der Waals surface area contributed by atoms with E-state index in [-0.39, 0.29) is 0 Å². The van der Waals surface area contributed by atoms with Crippen molar-refractivity contribution in [3.05, 3.63) is 152 Å². The Hall–Kier alpha value is -5.16. The summed E-state index contributed by atoms with van der Waals surface area (Å²) in [4.78, 5) is 10.2. The largest absolute Gasteiger partial charge is 0.228 e. The fourth-order valence-corrected chi connectivity index (χ4v) is 8.50. The quantitative estimate of drug-likeness (QED) is 0.169. The summed E-state index contributed by atoms with van der Waals surface area (Å²) in [6.07, 6.45) is 0. The van der Waals surface area contributed by atoms with Crippen LogP contribution in [0.3, 0.4) is 0 Å². The molecule has 0 unspecified atom stereocenters. The van der Waals surface area contributed by atoms with Gasteiger partial charge in [-0.1, -0.05) is 134 Å². The highest BCUT2D eigenvalue weighted by Gasteiger charge is 2.17. The summed E-state index contributed by atoms with van der Waals surface area (Å²) in [5, 5.41) is 4.07. The van der Waals surface area contributed by atoms with Gasteiger partial charge in [-0.3, -0.25) is 0 Å². The van der Waals surface area contributed by atoms with Crippen molar-refractivity contribution in [1.82, 2.24) is 9.97 Å². The molecule has 4 heteroatoms. The lowest BCUT2D eigenvalue weighted by Gasteiger charge is -2.17. The molecular weight excluding hydrogens is 605 g/mol. The number of aromatic nitrogens is 2. The molecule has 0 aliphatic rings. The van der Waals surface area contributed by atoms with Gasteiger partial charge in [0.05, 0.1) is 19.5 Å². The molecule has 2 nitrogen and oxygen atoms in total. The Kier molecular flexibility index (Phi) is 7.40. The molecule has 8 rings (SSSR count). The lowest BCUT2D eigenvalue weighted by atomic mass is 9.94. The Morgan fingerprint density at radius 3 is 1.66 bits per heavy atom. The zero-order chi connectivity index (χ0) is 32.0. The van der Waals surface area contributed by atoms with E-state index in [0.29, 0.717) is 0 Å². The van der Waals surface area contributed by atoms with Crippen LogP contribution < -0.4 is 5.19 Å². The van der Waals surface area contributed by atoms with Gasteiger partial charge in [0, 0.05) is 36.9 Å². The second kappa shape index (κ2) is 11.9. The van der Waals surface area contributed by atoms with E-state index in [0.717, 1.165) is 33.9 Å². The van der Waals surface area contributed by atoms with Gasteiger partial charge in [-0.2, -0.15) is 0 Å². The average Bonchev–Trinajstić information content (AvgIpc) is 3.50. The second-order valence-corrected chi connectivity index (χ2v) is 19.3. The van der Waals surface area contributed by atoms with Crippen LogP contribution in [0.1, 0.15) is 0 Å². The van der Waals surface area contributed by atoms with Crippen LogP contribution in [0.25, 0.3) is 76.3 Å². The van der Waals surface area contributed by atoms with E-state index < -0.39 is 8.07 Å². The molecule has 47 heavy (non-hydrogen) atoms. The summed E-state index contributed by atoms with van der Waals surface area (Å²) >= 11 is 1.85. The molecular formula is C43H34N2SSi. The number of fused-ring (bicyclic) bond motifs is 3. The molecule has 2 aromatic heterocycles. The van der Waals surface area contributed by atoms with Crippen LogP contribution in [0.15, 0.2) is 152 Å². The summed E-state index contributed by atoms with van der Waals surface area (Å²) in [7, 11) is -1.42. The molecule has 0 amide bonds. The van der Waals surface area contributed by atoms with Crippen LogP contribution in [0.4, 0.5) is 0 Å². The van der Waals surface area contributed by atoms with Gasteiger partial charge in [0.15, 0.2) is 5.82 Å². The molecule has 0 spiro atoms.